The van der Waals surface area contributed by atoms with Gasteiger partial charge in [-0.25, -0.2) is 0 Å². The molecule has 0 aromatic carbocycles. The lowest BCUT2D eigenvalue weighted by molar-refractivity contribution is -0.165. The van der Waals surface area contributed by atoms with Gasteiger partial charge in [0.05, 0.1) is 0 Å². The Morgan fingerprint density at radius 1 is 1.20 bits per heavy atom. The molecule has 0 N–H and O–H groups in total. The summed E-state index contributed by atoms with van der Waals surface area (Å²) in [5.74, 6) is -2.41. The van der Waals surface area contributed by atoms with Crippen molar-refractivity contribution in [1.82, 2.24) is 0 Å². The summed E-state index contributed by atoms with van der Waals surface area (Å²) >= 11 is 0. The van der Waals surface area contributed by atoms with E-state index in [9.17, 15) is 14.4 Å². The van der Waals surface area contributed by atoms with Gasteiger partial charge in [-0.3, -0.25) is 14.4 Å². The number of carbonyl (C=O) groups excluding carboxylic acids is 3. The van der Waals surface area contributed by atoms with E-state index in [1.54, 1.807) is 0 Å². The van der Waals surface area contributed by atoms with Crippen LogP contribution in [-0.2, 0) is 23.9 Å². The second-order valence-corrected chi connectivity index (χ2v) is 3.42. The minimum atomic E-state index is -1.18. The smallest absolute Gasteiger partial charge is 0.218 e. The first-order valence-electron chi connectivity index (χ1n) is 4.76. The van der Waals surface area contributed by atoms with Crippen LogP contribution < -0.4 is 0 Å². The van der Waals surface area contributed by atoms with Gasteiger partial charge in [0, 0.05) is 27.1 Å². The van der Waals surface area contributed by atoms with E-state index in [-0.39, 0.29) is 24.4 Å². The summed E-state index contributed by atoms with van der Waals surface area (Å²) in [5.41, 5.74) is 0. The van der Waals surface area contributed by atoms with Crippen molar-refractivity contribution < 1.29 is 23.9 Å². The normalized spacial score (nSPS) is 18.6. The van der Waals surface area contributed by atoms with Crippen LogP contribution in [0.25, 0.3) is 0 Å². The molecule has 5 nitrogen and oxygen atoms in total. The molecule has 15 heavy (non-hydrogen) atoms. The highest BCUT2D eigenvalue weighted by Crippen LogP contribution is 2.20. The minimum absolute atomic E-state index is 0.280. The van der Waals surface area contributed by atoms with Crippen molar-refractivity contribution in [3.8, 4) is 0 Å². The highest BCUT2D eigenvalue weighted by atomic mass is 16.7. The van der Waals surface area contributed by atoms with Gasteiger partial charge in [-0.1, -0.05) is 0 Å². The van der Waals surface area contributed by atoms with Crippen LogP contribution in [0.5, 0.6) is 0 Å². The van der Waals surface area contributed by atoms with Crippen molar-refractivity contribution in [3.05, 3.63) is 0 Å². The number of ether oxygens (including phenoxy) is 2. The maximum atomic E-state index is 11.7. The van der Waals surface area contributed by atoms with Crippen LogP contribution in [0.2, 0.25) is 0 Å². The Morgan fingerprint density at radius 2 is 1.67 bits per heavy atom. The van der Waals surface area contributed by atoms with E-state index in [0.717, 1.165) is 0 Å². The fourth-order valence-corrected chi connectivity index (χ4v) is 1.69. The molecule has 0 aliphatic heterocycles. The second-order valence-electron chi connectivity index (χ2n) is 3.42. The van der Waals surface area contributed by atoms with E-state index in [0.29, 0.717) is 6.42 Å². The molecule has 0 amide bonds. The molecule has 0 bridgehead atoms. The van der Waals surface area contributed by atoms with Gasteiger partial charge in [0.2, 0.25) is 12.1 Å². The monoisotopic (exact) mass is 214 g/mol. The highest BCUT2D eigenvalue weighted by molar-refractivity contribution is 6.21. The summed E-state index contributed by atoms with van der Waals surface area (Å²) in [6.45, 7) is 0. The molecule has 0 radical (unpaired) electrons. The van der Waals surface area contributed by atoms with Crippen molar-refractivity contribution in [1.29, 1.82) is 0 Å². The number of carbonyl (C=O) groups is 3. The molecular weight excluding hydrogens is 200 g/mol. The van der Waals surface area contributed by atoms with Crippen LogP contribution in [-0.4, -0.2) is 37.9 Å². The number of ketones is 3. The summed E-state index contributed by atoms with van der Waals surface area (Å²) in [4.78, 5) is 34.5. The molecule has 5 heteroatoms. The van der Waals surface area contributed by atoms with Gasteiger partial charge in [-0.15, -0.1) is 0 Å². The molecule has 0 atom stereocenters. The summed E-state index contributed by atoms with van der Waals surface area (Å²) in [5, 5.41) is 0. The molecule has 0 aromatic heterocycles. The number of rotatable bonds is 4. The molecule has 0 heterocycles. The van der Waals surface area contributed by atoms with Crippen LogP contribution >= 0.6 is 0 Å². The van der Waals surface area contributed by atoms with E-state index in [4.69, 9.17) is 9.47 Å². The molecule has 1 rings (SSSR count). The number of hydrogen-bond donors (Lipinski definition) is 0. The third-order valence-electron chi connectivity index (χ3n) is 2.44. The molecular formula is C10H14O5. The van der Waals surface area contributed by atoms with Crippen LogP contribution in [0.15, 0.2) is 0 Å². The van der Waals surface area contributed by atoms with Crippen LogP contribution in [0, 0.1) is 5.92 Å². The average Bonchev–Trinajstić information content (AvgIpc) is 2.19. The molecule has 1 saturated carbocycles. The summed E-state index contributed by atoms with van der Waals surface area (Å²) in [6, 6.07) is 0. The molecule has 1 fully saturated rings. The van der Waals surface area contributed by atoms with E-state index in [1.165, 1.54) is 14.2 Å². The average molecular weight is 214 g/mol. The minimum Gasteiger partial charge on any atom is -0.349 e. The van der Waals surface area contributed by atoms with Crippen LogP contribution in [0.1, 0.15) is 19.3 Å². The van der Waals surface area contributed by atoms with E-state index >= 15 is 0 Å². The Morgan fingerprint density at radius 3 is 2.07 bits per heavy atom. The molecule has 0 unspecified atom stereocenters. The highest BCUT2D eigenvalue weighted by Gasteiger charge is 2.39. The molecule has 0 spiro atoms. The fourth-order valence-electron chi connectivity index (χ4n) is 1.69. The standard InChI is InChI=1S/C10H14O5/c1-14-10(15-2)9(13)8-6(11)4-3-5-7(8)12/h8,10H,3-5H2,1-2H3. The van der Waals surface area contributed by atoms with Crippen molar-refractivity contribution in [2.75, 3.05) is 14.2 Å². The van der Waals surface area contributed by atoms with Crippen molar-refractivity contribution in [2.45, 2.75) is 25.6 Å². The molecule has 1 aliphatic carbocycles. The zero-order valence-electron chi connectivity index (χ0n) is 8.82. The third-order valence-corrected chi connectivity index (χ3v) is 2.44. The molecule has 84 valence electrons. The molecule has 0 aromatic rings. The molecule has 1 aliphatic rings. The SMILES string of the molecule is COC(OC)C(=O)C1C(=O)CCCC1=O. The van der Waals surface area contributed by atoms with E-state index < -0.39 is 18.0 Å². The second kappa shape index (κ2) is 5.14. The Bertz CT molecular complexity index is 264. The lowest BCUT2D eigenvalue weighted by Crippen LogP contribution is -2.42. The number of Topliss-reactive ketones (excluding diaryl/α,β-unsaturated/α-hetero) is 3. The first-order valence-corrected chi connectivity index (χ1v) is 4.76. The predicted molar refractivity (Wildman–Crippen MR) is 50.2 cm³/mol. The zero-order chi connectivity index (χ0) is 11.4. The van der Waals surface area contributed by atoms with Gasteiger partial charge in [-0.2, -0.15) is 0 Å². The maximum absolute atomic E-state index is 11.7. The number of hydrogen-bond acceptors (Lipinski definition) is 5. The first-order chi connectivity index (χ1) is 7.11. The topological polar surface area (TPSA) is 69.7 Å². The third kappa shape index (κ3) is 2.49. The summed E-state index contributed by atoms with van der Waals surface area (Å²) in [6.07, 6.45) is -0.0302. The first kappa shape index (κ1) is 12.0. The Kier molecular flexibility index (Phi) is 4.11. The largest absolute Gasteiger partial charge is 0.349 e. The van der Waals surface area contributed by atoms with E-state index in [1.807, 2.05) is 0 Å². The maximum Gasteiger partial charge on any atom is 0.218 e. The Hall–Kier alpha value is -1.07. The summed E-state index contributed by atoms with van der Waals surface area (Å²) < 4.78 is 9.47. The molecule has 0 saturated heterocycles. The zero-order valence-corrected chi connectivity index (χ0v) is 8.82. The van der Waals surface area contributed by atoms with Gasteiger partial charge in [0.25, 0.3) is 0 Å². The lowest BCUT2D eigenvalue weighted by atomic mass is 9.83. The van der Waals surface area contributed by atoms with Gasteiger partial charge in [0.15, 0.2) is 11.6 Å². The van der Waals surface area contributed by atoms with Crippen LogP contribution in [0.4, 0.5) is 0 Å². The lowest BCUT2D eigenvalue weighted by Gasteiger charge is -2.21. The van der Waals surface area contributed by atoms with Crippen molar-refractivity contribution >= 4 is 17.3 Å². The predicted octanol–water partition coefficient (Wildman–Crippen LogP) is 0.113. The van der Waals surface area contributed by atoms with Gasteiger partial charge >= 0.3 is 0 Å². The van der Waals surface area contributed by atoms with Crippen LogP contribution in [0.3, 0.4) is 0 Å². The Labute approximate surface area is 87.7 Å². The van der Waals surface area contributed by atoms with Gasteiger partial charge in [-0.05, 0) is 6.42 Å². The fraction of sp³-hybridized carbons (Fsp3) is 0.700. The number of methoxy groups -OCH3 is 2. The van der Waals surface area contributed by atoms with Gasteiger partial charge < -0.3 is 9.47 Å². The van der Waals surface area contributed by atoms with Crippen molar-refractivity contribution in [3.63, 3.8) is 0 Å². The van der Waals surface area contributed by atoms with E-state index in [2.05, 4.69) is 0 Å². The van der Waals surface area contributed by atoms with Crippen molar-refractivity contribution in [2.24, 2.45) is 5.92 Å². The summed E-state index contributed by atoms with van der Waals surface area (Å²) in [7, 11) is 2.59. The quantitative estimate of drug-likeness (QED) is 0.491. The van der Waals surface area contributed by atoms with Gasteiger partial charge in [0.1, 0.15) is 5.92 Å². The Balaban J connectivity index is 2.79.